The molecular weight excluding hydrogens is 399 g/mol. The third-order valence-electron chi connectivity index (χ3n) is 3.56. The molecule has 0 saturated heterocycles. The predicted octanol–water partition coefficient (Wildman–Crippen LogP) is 3.24. The quantitative estimate of drug-likeness (QED) is 0.509. The van der Waals surface area contributed by atoms with Crippen LogP contribution < -0.4 is 11.1 Å². The van der Waals surface area contributed by atoms with Crippen LogP contribution in [0, 0.1) is 10.1 Å². The van der Waals surface area contributed by atoms with Crippen LogP contribution in [0.2, 0.25) is 0 Å². The lowest BCUT2D eigenvalue weighted by atomic mass is 10.1. The fraction of sp³-hybridized carbons (Fsp3) is 0.176. The number of primary amides is 1. The van der Waals surface area contributed by atoms with Gasteiger partial charge in [-0.15, -0.1) is 0 Å². The highest BCUT2D eigenvalue weighted by Crippen LogP contribution is 2.32. The Kier molecular flexibility index (Phi) is 6.99. The van der Waals surface area contributed by atoms with Crippen LogP contribution in [-0.4, -0.2) is 29.7 Å². The largest absolute Gasteiger partial charge is 0.365 e. The maximum atomic E-state index is 14.0. The Balaban J connectivity index is 2.08. The predicted molar refractivity (Wildman–Crippen MR) is 95.0 cm³/mol. The molecule has 2 aromatic carbocycles. The van der Waals surface area contributed by atoms with Crippen molar-refractivity contribution < 1.29 is 27.7 Å². The molecule has 0 radical (unpaired) electrons. The second-order valence-electron chi connectivity index (χ2n) is 5.48. The zero-order valence-corrected chi connectivity index (χ0v) is 14.9. The van der Waals surface area contributed by atoms with Gasteiger partial charge in [-0.3, -0.25) is 19.7 Å². The molecule has 1 atom stereocenters. The number of halogens is 3. The number of alkyl halides is 3. The van der Waals surface area contributed by atoms with Crippen molar-refractivity contribution >= 4 is 29.3 Å². The molecule has 148 valence electrons. The lowest BCUT2D eigenvalue weighted by Gasteiger charge is -2.11. The van der Waals surface area contributed by atoms with Crippen molar-refractivity contribution in [2.24, 2.45) is 5.73 Å². The molecule has 0 aliphatic rings. The second-order valence-corrected chi connectivity index (χ2v) is 6.63. The van der Waals surface area contributed by atoms with E-state index in [4.69, 9.17) is 5.73 Å². The third kappa shape index (κ3) is 5.46. The van der Waals surface area contributed by atoms with Gasteiger partial charge in [0.2, 0.25) is 0 Å². The molecule has 11 heteroatoms. The fourth-order valence-electron chi connectivity index (χ4n) is 2.20. The zero-order chi connectivity index (χ0) is 20.8. The SMILES string of the molecule is NC(=O)c1cc(Sc2ccc(C(F)CNC(=O)C(F)F)cc2)ccc1[N+](=O)[O-]. The van der Waals surface area contributed by atoms with Gasteiger partial charge in [0.1, 0.15) is 11.7 Å². The summed E-state index contributed by atoms with van der Waals surface area (Å²) in [7, 11) is 0. The van der Waals surface area contributed by atoms with Crippen molar-refractivity contribution in [2.45, 2.75) is 22.4 Å². The molecule has 0 aromatic heterocycles. The lowest BCUT2D eigenvalue weighted by molar-refractivity contribution is -0.385. The Morgan fingerprint density at radius 2 is 1.71 bits per heavy atom. The summed E-state index contributed by atoms with van der Waals surface area (Å²) in [5.41, 5.74) is 4.71. The first kappa shape index (κ1) is 21.2. The third-order valence-corrected chi connectivity index (χ3v) is 4.56. The lowest BCUT2D eigenvalue weighted by Crippen LogP contribution is -2.32. The summed E-state index contributed by atoms with van der Waals surface area (Å²) in [6, 6.07) is 9.83. The molecule has 0 fully saturated rings. The Morgan fingerprint density at radius 1 is 1.11 bits per heavy atom. The van der Waals surface area contributed by atoms with Gasteiger partial charge < -0.3 is 11.1 Å². The molecule has 0 spiro atoms. The summed E-state index contributed by atoms with van der Waals surface area (Å²) in [6.45, 7) is -0.583. The van der Waals surface area contributed by atoms with Gasteiger partial charge in [0.25, 0.3) is 17.5 Å². The van der Waals surface area contributed by atoms with Crippen LogP contribution >= 0.6 is 11.8 Å². The summed E-state index contributed by atoms with van der Waals surface area (Å²) in [5, 5.41) is 12.7. The number of amides is 2. The molecule has 2 rings (SSSR count). The molecule has 1 unspecified atom stereocenters. The van der Waals surface area contributed by atoms with E-state index >= 15 is 0 Å². The van der Waals surface area contributed by atoms with Crippen LogP contribution in [0.4, 0.5) is 18.9 Å². The molecule has 0 aliphatic heterocycles. The number of carbonyl (C=O) groups excluding carboxylic acids is 2. The molecule has 0 saturated carbocycles. The van der Waals surface area contributed by atoms with Gasteiger partial charge in [-0.05, 0) is 29.8 Å². The molecule has 7 nitrogen and oxygen atoms in total. The number of hydrogen-bond donors (Lipinski definition) is 2. The number of nitrogens with two attached hydrogens (primary N) is 1. The van der Waals surface area contributed by atoms with Crippen LogP contribution in [0.1, 0.15) is 22.1 Å². The first-order chi connectivity index (χ1) is 13.2. The smallest absolute Gasteiger partial charge is 0.315 e. The minimum atomic E-state index is -3.21. The number of carbonyl (C=O) groups is 2. The van der Waals surface area contributed by atoms with Crippen molar-refractivity contribution in [3.8, 4) is 0 Å². The van der Waals surface area contributed by atoms with E-state index in [2.05, 4.69) is 0 Å². The first-order valence-electron chi connectivity index (χ1n) is 7.75. The van der Waals surface area contributed by atoms with Crippen LogP contribution in [0.25, 0.3) is 0 Å². The molecule has 0 heterocycles. The van der Waals surface area contributed by atoms with Gasteiger partial charge in [-0.25, -0.2) is 4.39 Å². The van der Waals surface area contributed by atoms with Gasteiger partial charge in [-0.2, -0.15) is 8.78 Å². The van der Waals surface area contributed by atoms with Gasteiger partial charge >= 0.3 is 6.43 Å². The average molecular weight is 413 g/mol. The van der Waals surface area contributed by atoms with Crippen molar-refractivity contribution in [3.05, 3.63) is 63.7 Å². The number of nitro benzene ring substituents is 1. The van der Waals surface area contributed by atoms with Gasteiger partial charge in [0.05, 0.1) is 11.5 Å². The zero-order valence-electron chi connectivity index (χ0n) is 14.1. The van der Waals surface area contributed by atoms with E-state index in [1.165, 1.54) is 30.3 Å². The molecule has 0 bridgehead atoms. The number of nitro groups is 1. The van der Waals surface area contributed by atoms with E-state index in [0.29, 0.717) is 9.79 Å². The first-order valence-corrected chi connectivity index (χ1v) is 8.56. The minimum Gasteiger partial charge on any atom is -0.365 e. The van der Waals surface area contributed by atoms with E-state index in [-0.39, 0.29) is 11.1 Å². The van der Waals surface area contributed by atoms with Gasteiger partial charge in [0, 0.05) is 15.9 Å². The number of hydrogen-bond acceptors (Lipinski definition) is 5. The Hall–Kier alpha value is -3.08. The van der Waals surface area contributed by atoms with Crippen LogP contribution in [0.3, 0.4) is 0 Å². The monoisotopic (exact) mass is 413 g/mol. The number of rotatable bonds is 8. The number of nitrogens with one attached hydrogen (secondary N) is 1. The summed E-state index contributed by atoms with van der Waals surface area (Å²) in [6.07, 6.45) is -4.87. The number of nitrogens with zero attached hydrogens (tertiary/aromatic N) is 1. The van der Waals surface area contributed by atoms with Crippen LogP contribution in [-0.2, 0) is 4.79 Å². The standard InChI is InChI=1S/C17H14F3N3O4S/c18-13(8-22-17(25)15(19)20)9-1-3-10(4-2-9)28-11-5-6-14(23(26)27)12(7-11)16(21)24/h1-7,13,15H,8H2,(H2,21,24)(H,22,25). The molecule has 2 amide bonds. The van der Waals surface area contributed by atoms with Gasteiger partial charge in [-0.1, -0.05) is 23.9 Å². The second kappa shape index (κ2) is 9.22. The van der Waals surface area contributed by atoms with Crippen LogP contribution in [0.5, 0.6) is 0 Å². The molecule has 2 aromatic rings. The Labute approximate surface area is 161 Å². The maximum Gasteiger partial charge on any atom is 0.315 e. The highest BCUT2D eigenvalue weighted by molar-refractivity contribution is 7.99. The van der Waals surface area contributed by atoms with Crippen molar-refractivity contribution in [1.82, 2.24) is 5.32 Å². The molecule has 0 aliphatic carbocycles. The normalized spacial score (nSPS) is 11.9. The fourth-order valence-corrected chi connectivity index (χ4v) is 3.06. The summed E-state index contributed by atoms with van der Waals surface area (Å²) in [5.74, 6) is -2.48. The Morgan fingerprint density at radius 3 is 2.25 bits per heavy atom. The summed E-state index contributed by atoms with van der Waals surface area (Å²) >= 11 is 1.16. The summed E-state index contributed by atoms with van der Waals surface area (Å²) in [4.78, 5) is 33.5. The molecule has 3 N–H and O–H groups in total. The van der Waals surface area contributed by atoms with E-state index < -0.39 is 41.6 Å². The maximum absolute atomic E-state index is 14.0. The highest BCUT2D eigenvalue weighted by atomic mass is 32.2. The van der Waals surface area contributed by atoms with Crippen molar-refractivity contribution in [3.63, 3.8) is 0 Å². The molecular formula is C17H14F3N3O4S. The topological polar surface area (TPSA) is 115 Å². The van der Waals surface area contributed by atoms with E-state index in [0.717, 1.165) is 11.8 Å². The van der Waals surface area contributed by atoms with E-state index in [1.807, 2.05) is 0 Å². The highest BCUT2D eigenvalue weighted by Gasteiger charge is 2.19. The summed E-state index contributed by atoms with van der Waals surface area (Å²) < 4.78 is 38.2. The van der Waals surface area contributed by atoms with Crippen LogP contribution in [0.15, 0.2) is 52.3 Å². The van der Waals surface area contributed by atoms with Gasteiger partial charge in [0.15, 0.2) is 0 Å². The van der Waals surface area contributed by atoms with E-state index in [1.54, 1.807) is 17.4 Å². The minimum absolute atomic E-state index is 0.181. The molecule has 28 heavy (non-hydrogen) atoms. The van der Waals surface area contributed by atoms with E-state index in [9.17, 15) is 32.9 Å². The Bertz CT molecular complexity index is 894. The van der Waals surface area contributed by atoms with Crippen molar-refractivity contribution in [1.29, 1.82) is 0 Å². The van der Waals surface area contributed by atoms with Crippen molar-refractivity contribution in [2.75, 3.05) is 6.54 Å². The number of benzene rings is 2. The average Bonchev–Trinajstić information content (AvgIpc) is 2.66.